The Bertz CT molecular complexity index is 820. The number of rotatable bonds is 5. The molecule has 122 valence electrons. The first-order chi connectivity index (χ1) is 11.6. The first kappa shape index (κ1) is 16.4. The smallest absolute Gasteiger partial charge is 0.251 e. The number of hydrogen-bond acceptors (Lipinski definition) is 3. The van der Waals surface area contributed by atoms with Crippen molar-refractivity contribution in [2.24, 2.45) is 0 Å². The Kier molecular flexibility index (Phi) is 5.06. The number of amides is 1. The van der Waals surface area contributed by atoms with E-state index in [1.54, 1.807) is 11.3 Å². The maximum atomic E-state index is 12.1. The molecule has 0 saturated carbocycles. The van der Waals surface area contributed by atoms with Crippen molar-refractivity contribution < 1.29 is 4.79 Å². The minimum atomic E-state index is -0.0367. The molecule has 2 aromatic carbocycles. The monoisotopic (exact) mass is 336 g/mol. The topological polar surface area (TPSA) is 42.0 Å². The molecule has 0 unspecified atom stereocenters. The van der Waals surface area contributed by atoms with Crippen LogP contribution in [0, 0.1) is 13.8 Å². The van der Waals surface area contributed by atoms with Crippen LogP contribution in [0.25, 0.3) is 11.3 Å². The van der Waals surface area contributed by atoms with Gasteiger partial charge in [0.25, 0.3) is 5.91 Å². The zero-order valence-corrected chi connectivity index (χ0v) is 14.7. The van der Waals surface area contributed by atoms with E-state index in [-0.39, 0.29) is 5.91 Å². The van der Waals surface area contributed by atoms with E-state index in [1.807, 2.05) is 31.2 Å². The molecule has 0 spiro atoms. The Hall–Kier alpha value is -2.46. The molecular weight excluding hydrogens is 316 g/mol. The molecule has 0 aliphatic heterocycles. The Morgan fingerprint density at radius 2 is 1.62 bits per heavy atom. The first-order valence-electron chi connectivity index (χ1n) is 7.98. The average Bonchev–Trinajstić information content (AvgIpc) is 3.05. The van der Waals surface area contributed by atoms with Crippen LogP contribution in [0.2, 0.25) is 0 Å². The van der Waals surface area contributed by atoms with Gasteiger partial charge >= 0.3 is 0 Å². The molecule has 0 aliphatic carbocycles. The lowest BCUT2D eigenvalue weighted by atomic mass is 10.1. The summed E-state index contributed by atoms with van der Waals surface area (Å²) >= 11 is 1.64. The van der Waals surface area contributed by atoms with Crippen molar-refractivity contribution in [1.82, 2.24) is 10.3 Å². The molecule has 0 saturated heterocycles. The summed E-state index contributed by atoms with van der Waals surface area (Å²) in [5, 5.41) is 6.06. The second kappa shape index (κ2) is 7.41. The van der Waals surface area contributed by atoms with Crippen molar-refractivity contribution in [2.75, 3.05) is 6.54 Å². The van der Waals surface area contributed by atoms with Crippen LogP contribution >= 0.6 is 11.3 Å². The fourth-order valence-electron chi connectivity index (χ4n) is 2.37. The SMILES string of the molecule is Cc1ccc(C(=O)NCCc2nc(-c3ccc(C)cc3)cs2)cc1. The minimum absolute atomic E-state index is 0.0367. The summed E-state index contributed by atoms with van der Waals surface area (Å²) in [5.41, 5.74) is 5.22. The van der Waals surface area contributed by atoms with Crippen LogP contribution in [0.1, 0.15) is 26.5 Å². The maximum Gasteiger partial charge on any atom is 0.251 e. The van der Waals surface area contributed by atoms with Gasteiger partial charge in [0.2, 0.25) is 0 Å². The third kappa shape index (κ3) is 4.09. The van der Waals surface area contributed by atoms with Gasteiger partial charge in [-0.3, -0.25) is 4.79 Å². The van der Waals surface area contributed by atoms with E-state index in [0.717, 1.165) is 28.2 Å². The van der Waals surface area contributed by atoms with Gasteiger partial charge in [-0.15, -0.1) is 11.3 Å². The van der Waals surface area contributed by atoms with Gasteiger partial charge in [-0.25, -0.2) is 4.98 Å². The predicted octanol–water partition coefficient (Wildman–Crippen LogP) is 4.40. The predicted molar refractivity (Wildman–Crippen MR) is 99.5 cm³/mol. The van der Waals surface area contributed by atoms with Crippen molar-refractivity contribution >= 4 is 17.2 Å². The Balaban J connectivity index is 1.55. The highest BCUT2D eigenvalue weighted by molar-refractivity contribution is 7.09. The number of nitrogens with one attached hydrogen (secondary N) is 1. The van der Waals surface area contributed by atoms with Gasteiger partial charge in [-0.1, -0.05) is 47.5 Å². The van der Waals surface area contributed by atoms with Crippen molar-refractivity contribution in [1.29, 1.82) is 0 Å². The van der Waals surface area contributed by atoms with Gasteiger partial charge in [0.15, 0.2) is 0 Å². The van der Waals surface area contributed by atoms with E-state index in [9.17, 15) is 4.79 Å². The molecule has 4 heteroatoms. The molecule has 1 aromatic heterocycles. The van der Waals surface area contributed by atoms with Crippen LogP contribution in [0.15, 0.2) is 53.9 Å². The molecule has 1 amide bonds. The lowest BCUT2D eigenvalue weighted by molar-refractivity contribution is 0.0954. The third-order valence-electron chi connectivity index (χ3n) is 3.84. The van der Waals surface area contributed by atoms with Crippen LogP contribution in [-0.4, -0.2) is 17.4 Å². The highest BCUT2D eigenvalue weighted by Crippen LogP contribution is 2.22. The number of nitrogens with zero attached hydrogens (tertiary/aromatic N) is 1. The zero-order valence-electron chi connectivity index (χ0n) is 13.9. The third-order valence-corrected chi connectivity index (χ3v) is 4.75. The van der Waals surface area contributed by atoms with Gasteiger partial charge < -0.3 is 5.32 Å². The molecule has 1 N–H and O–H groups in total. The number of aryl methyl sites for hydroxylation is 2. The number of carbonyl (C=O) groups excluding carboxylic acids is 1. The van der Waals surface area contributed by atoms with E-state index in [1.165, 1.54) is 5.56 Å². The summed E-state index contributed by atoms with van der Waals surface area (Å²) in [4.78, 5) is 16.7. The number of carbonyl (C=O) groups is 1. The number of benzene rings is 2. The van der Waals surface area contributed by atoms with E-state index < -0.39 is 0 Å². The van der Waals surface area contributed by atoms with E-state index in [4.69, 9.17) is 0 Å². The highest BCUT2D eigenvalue weighted by Gasteiger charge is 2.07. The highest BCUT2D eigenvalue weighted by atomic mass is 32.1. The average molecular weight is 336 g/mol. The summed E-state index contributed by atoms with van der Waals surface area (Å²) < 4.78 is 0. The molecule has 0 fully saturated rings. The standard InChI is InChI=1S/C20H20N2OS/c1-14-3-7-16(8-4-14)18-13-24-19(22-18)11-12-21-20(23)17-9-5-15(2)6-10-17/h3-10,13H,11-12H2,1-2H3,(H,21,23). The Morgan fingerprint density at radius 3 is 2.29 bits per heavy atom. The molecule has 1 heterocycles. The number of thiazole rings is 1. The molecular formula is C20H20N2OS. The van der Waals surface area contributed by atoms with Gasteiger partial charge in [0, 0.05) is 29.5 Å². The second-order valence-corrected chi connectivity index (χ2v) is 6.81. The van der Waals surface area contributed by atoms with E-state index in [0.29, 0.717) is 12.1 Å². The van der Waals surface area contributed by atoms with Crippen LogP contribution < -0.4 is 5.32 Å². The van der Waals surface area contributed by atoms with Crippen LogP contribution in [0.4, 0.5) is 0 Å². The fraction of sp³-hybridized carbons (Fsp3) is 0.200. The second-order valence-electron chi connectivity index (χ2n) is 5.86. The van der Waals surface area contributed by atoms with Crippen molar-refractivity contribution in [3.05, 3.63) is 75.6 Å². The van der Waals surface area contributed by atoms with Crippen molar-refractivity contribution in [3.8, 4) is 11.3 Å². The van der Waals surface area contributed by atoms with Crippen LogP contribution in [0.5, 0.6) is 0 Å². The molecule has 3 aromatic rings. The van der Waals surface area contributed by atoms with Crippen molar-refractivity contribution in [2.45, 2.75) is 20.3 Å². The van der Waals surface area contributed by atoms with Gasteiger partial charge in [-0.05, 0) is 26.0 Å². The molecule has 24 heavy (non-hydrogen) atoms. The maximum absolute atomic E-state index is 12.1. The van der Waals surface area contributed by atoms with E-state index in [2.05, 4.69) is 46.9 Å². The Morgan fingerprint density at radius 1 is 1.00 bits per heavy atom. The molecule has 3 rings (SSSR count). The summed E-state index contributed by atoms with van der Waals surface area (Å²) in [6.45, 7) is 4.68. The normalized spacial score (nSPS) is 10.6. The van der Waals surface area contributed by atoms with Crippen molar-refractivity contribution in [3.63, 3.8) is 0 Å². The minimum Gasteiger partial charge on any atom is -0.352 e. The summed E-state index contributed by atoms with van der Waals surface area (Å²) in [5.74, 6) is -0.0367. The summed E-state index contributed by atoms with van der Waals surface area (Å²) in [6.07, 6.45) is 0.744. The lowest BCUT2D eigenvalue weighted by Gasteiger charge is -2.04. The van der Waals surface area contributed by atoms with Gasteiger partial charge in [-0.2, -0.15) is 0 Å². The van der Waals surface area contributed by atoms with E-state index >= 15 is 0 Å². The molecule has 0 aliphatic rings. The largest absolute Gasteiger partial charge is 0.352 e. The molecule has 0 bridgehead atoms. The summed E-state index contributed by atoms with van der Waals surface area (Å²) in [6, 6.07) is 16.0. The number of hydrogen-bond donors (Lipinski definition) is 1. The van der Waals surface area contributed by atoms with Gasteiger partial charge in [0.1, 0.15) is 0 Å². The number of aromatic nitrogens is 1. The molecule has 0 atom stereocenters. The zero-order chi connectivity index (χ0) is 16.9. The van der Waals surface area contributed by atoms with Crippen LogP contribution in [0.3, 0.4) is 0 Å². The van der Waals surface area contributed by atoms with Gasteiger partial charge in [0.05, 0.1) is 10.7 Å². The fourth-order valence-corrected chi connectivity index (χ4v) is 3.18. The quantitative estimate of drug-likeness (QED) is 0.750. The first-order valence-corrected chi connectivity index (χ1v) is 8.86. The lowest BCUT2D eigenvalue weighted by Crippen LogP contribution is -2.25. The Labute approximate surface area is 146 Å². The molecule has 0 radical (unpaired) electrons. The van der Waals surface area contributed by atoms with Crippen LogP contribution in [-0.2, 0) is 6.42 Å². The molecule has 3 nitrogen and oxygen atoms in total. The summed E-state index contributed by atoms with van der Waals surface area (Å²) in [7, 11) is 0.